The quantitative estimate of drug-likeness (QED) is 0.505. The molecule has 0 fully saturated rings. The van der Waals surface area contributed by atoms with Crippen molar-refractivity contribution in [3.63, 3.8) is 0 Å². The first-order valence-corrected chi connectivity index (χ1v) is 7.29. The first kappa shape index (κ1) is 11.6. The lowest BCUT2D eigenvalue weighted by Crippen LogP contribution is -1.99. The molecule has 2 rings (SSSR count). The van der Waals surface area contributed by atoms with Crippen molar-refractivity contribution in [3.05, 3.63) is 6.20 Å². The van der Waals surface area contributed by atoms with Gasteiger partial charge in [-0.3, -0.25) is 0 Å². The fraction of sp³-hybridized carbons (Fsp3) is 0.500. The summed E-state index contributed by atoms with van der Waals surface area (Å²) in [7, 11) is 0. The summed E-state index contributed by atoms with van der Waals surface area (Å²) in [6.07, 6.45) is 6.12. The van der Waals surface area contributed by atoms with Crippen LogP contribution in [0.25, 0.3) is 10.3 Å². The van der Waals surface area contributed by atoms with Crippen molar-refractivity contribution >= 4 is 38.6 Å². The third-order valence-corrected chi connectivity index (χ3v) is 3.60. The number of fused-ring (bicyclic) bond motifs is 1. The van der Waals surface area contributed by atoms with E-state index in [0.29, 0.717) is 0 Å². The summed E-state index contributed by atoms with van der Waals surface area (Å²) in [5, 5.41) is 5.05. The van der Waals surface area contributed by atoms with Gasteiger partial charge in [-0.05, 0) is 12.7 Å². The Balaban J connectivity index is 2.16. The van der Waals surface area contributed by atoms with Crippen molar-refractivity contribution in [1.82, 2.24) is 15.0 Å². The van der Waals surface area contributed by atoms with E-state index in [9.17, 15) is 0 Å². The van der Waals surface area contributed by atoms with Crippen LogP contribution >= 0.6 is 23.1 Å². The Morgan fingerprint density at radius 1 is 1.44 bits per heavy atom. The van der Waals surface area contributed by atoms with Crippen LogP contribution in [0.15, 0.2) is 11.4 Å². The molecule has 2 aromatic heterocycles. The lowest BCUT2D eigenvalue weighted by Gasteiger charge is -1.98. The molecule has 0 saturated carbocycles. The molecule has 0 saturated heterocycles. The zero-order valence-electron chi connectivity index (χ0n) is 9.36. The maximum absolute atomic E-state index is 4.43. The van der Waals surface area contributed by atoms with Gasteiger partial charge < -0.3 is 5.32 Å². The summed E-state index contributed by atoms with van der Waals surface area (Å²) >= 11 is 3.14. The second kappa shape index (κ2) is 5.45. The number of anilines is 1. The second-order valence-corrected chi connectivity index (χ2v) is 5.10. The molecule has 16 heavy (non-hydrogen) atoms. The third-order valence-electron chi connectivity index (χ3n) is 2.12. The van der Waals surface area contributed by atoms with E-state index in [1.54, 1.807) is 29.3 Å². The number of hydrogen-bond acceptors (Lipinski definition) is 6. The summed E-state index contributed by atoms with van der Waals surface area (Å²) in [5.74, 6) is 0. The number of aromatic nitrogens is 3. The Morgan fingerprint density at radius 3 is 3.06 bits per heavy atom. The Bertz CT molecular complexity index is 469. The lowest BCUT2D eigenvalue weighted by atomic mass is 10.3. The number of rotatable bonds is 5. The Hall–Kier alpha value is -0.880. The normalized spacial score (nSPS) is 10.9. The highest BCUT2D eigenvalue weighted by molar-refractivity contribution is 7.98. The van der Waals surface area contributed by atoms with Crippen molar-refractivity contribution < 1.29 is 0 Å². The van der Waals surface area contributed by atoms with Gasteiger partial charge in [0, 0.05) is 6.54 Å². The van der Waals surface area contributed by atoms with Gasteiger partial charge in [0.05, 0.1) is 6.20 Å². The maximum Gasteiger partial charge on any atom is 0.188 e. The molecule has 0 bridgehead atoms. The number of thioether (sulfide) groups is 1. The Kier molecular flexibility index (Phi) is 3.95. The third kappa shape index (κ3) is 2.62. The molecule has 0 aliphatic carbocycles. The van der Waals surface area contributed by atoms with Crippen molar-refractivity contribution in [3.8, 4) is 0 Å². The van der Waals surface area contributed by atoms with Gasteiger partial charge in [0.2, 0.25) is 0 Å². The fourth-order valence-electron chi connectivity index (χ4n) is 1.27. The van der Waals surface area contributed by atoms with E-state index < -0.39 is 0 Å². The van der Waals surface area contributed by atoms with E-state index in [4.69, 9.17) is 0 Å². The van der Waals surface area contributed by atoms with E-state index >= 15 is 0 Å². The molecule has 2 heterocycles. The highest BCUT2D eigenvalue weighted by Crippen LogP contribution is 2.24. The lowest BCUT2D eigenvalue weighted by molar-refractivity contribution is 0.833. The van der Waals surface area contributed by atoms with Gasteiger partial charge in [-0.1, -0.05) is 36.4 Å². The van der Waals surface area contributed by atoms with Crippen molar-refractivity contribution in [2.45, 2.75) is 24.9 Å². The summed E-state index contributed by atoms with van der Waals surface area (Å²) in [6, 6.07) is 0. The van der Waals surface area contributed by atoms with Crippen LogP contribution in [0.3, 0.4) is 0 Å². The molecule has 0 spiro atoms. The Labute approximate surface area is 103 Å². The monoisotopic (exact) mass is 254 g/mol. The SMILES string of the molecule is CCCCNc1nc2cnc(SC)nc2s1. The predicted molar refractivity (Wildman–Crippen MR) is 70.4 cm³/mol. The van der Waals surface area contributed by atoms with Gasteiger partial charge >= 0.3 is 0 Å². The number of nitrogens with one attached hydrogen (secondary N) is 1. The molecule has 2 aromatic rings. The van der Waals surface area contributed by atoms with Gasteiger partial charge in [-0.2, -0.15) is 0 Å². The van der Waals surface area contributed by atoms with Crippen LogP contribution in [0.4, 0.5) is 5.13 Å². The zero-order chi connectivity index (χ0) is 11.4. The standard InChI is InChI=1S/C10H14N4S2/c1-3-4-5-11-10-13-7-6-12-9(15-2)14-8(7)16-10/h6H,3-5H2,1-2H3,(H,11,13). The van der Waals surface area contributed by atoms with Crippen molar-refractivity contribution in [2.75, 3.05) is 18.1 Å². The van der Waals surface area contributed by atoms with E-state index in [1.807, 2.05) is 6.26 Å². The minimum atomic E-state index is 0.802. The molecular weight excluding hydrogens is 240 g/mol. The van der Waals surface area contributed by atoms with Crippen LogP contribution in [0.2, 0.25) is 0 Å². The predicted octanol–water partition coefficient (Wildman–Crippen LogP) is 3.02. The molecule has 0 radical (unpaired) electrons. The average Bonchev–Trinajstić information content (AvgIpc) is 2.70. The summed E-state index contributed by atoms with van der Waals surface area (Å²) in [6.45, 7) is 3.15. The highest BCUT2D eigenvalue weighted by atomic mass is 32.2. The van der Waals surface area contributed by atoms with Gasteiger partial charge in [-0.15, -0.1) is 0 Å². The van der Waals surface area contributed by atoms with Gasteiger partial charge in [0.1, 0.15) is 10.3 Å². The van der Waals surface area contributed by atoms with E-state index in [-0.39, 0.29) is 0 Å². The molecule has 4 nitrogen and oxygen atoms in total. The van der Waals surface area contributed by atoms with E-state index in [1.165, 1.54) is 6.42 Å². The second-order valence-electron chi connectivity index (χ2n) is 3.35. The van der Waals surface area contributed by atoms with E-state index in [0.717, 1.165) is 33.6 Å². The van der Waals surface area contributed by atoms with Gasteiger partial charge in [0.15, 0.2) is 10.3 Å². The van der Waals surface area contributed by atoms with Crippen LogP contribution in [0, 0.1) is 0 Å². The molecule has 86 valence electrons. The van der Waals surface area contributed by atoms with Gasteiger partial charge in [-0.25, -0.2) is 15.0 Å². The summed E-state index contributed by atoms with van der Waals surface area (Å²) < 4.78 is 0. The molecule has 0 aromatic carbocycles. The van der Waals surface area contributed by atoms with Crippen LogP contribution in [-0.4, -0.2) is 27.8 Å². The van der Waals surface area contributed by atoms with E-state index in [2.05, 4.69) is 27.2 Å². The minimum absolute atomic E-state index is 0.802. The van der Waals surface area contributed by atoms with Crippen molar-refractivity contribution in [1.29, 1.82) is 0 Å². The number of nitrogens with zero attached hydrogens (tertiary/aromatic N) is 3. The topological polar surface area (TPSA) is 50.7 Å². The van der Waals surface area contributed by atoms with Crippen LogP contribution in [0.1, 0.15) is 19.8 Å². The van der Waals surface area contributed by atoms with Crippen LogP contribution in [0.5, 0.6) is 0 Å². The molecule has 0 aliphatic rings. The molecular formula is C10H14N4S2. The fourth-order valence-corrected chi connectivity index (χ4v) is 2.50. The molecule has 6 heteroatoms. The highest BCUT2D eigenvalue weighted by Gasteiger charge is 2.05. The summed E-state index contributed by atoms with van der Waals surface area (Å²) in [4.78, 5) is 14.0. The van der Waals surface area contributed by atoms with Crippen molar-refractivity contribution in [2.24, 2.45) is 0 Å². The largest absolute Gasteiger partial charge is 0.361 e. The number of thiazole rings is 1. The smallest absolute Gasteiger partial charge is 0.188 e. The number of hydrogen-bond donors (Lipinski definition) is 1. The first-order valence-electron chi connectivity index (χ1n) is 5.25. The molecule has 0 amide bonds. The first-order chi connectivity index (χ1) is 7.83. The zero-order valence-corrected chi connectivity index (χ0v) is 11.0. The average molecular weight is 254 g/mol. The number of unbranched alkanes of at least 4 members (excludes halogenated alkanes) is 1. The molecule has 0 unspecified atom stereocenters. The minimum Gasteiger partial charge on any atom is -0.361 e. The Morgan fingerprint density at radius 2 is 2.31 bits per heavy atom. The summed E-state index contributed by atoms with van der Waals surface area (Å²) in [5.41, 5.74) is 0.877. The maximum atomic E-state index is 4.43. The molecule has 0 atom stereocenters. The van der Waals surface area contributed by atoms with Crippen LogP contribution < -0.4 is 5.32 Å². The van der Waals surface area contributed by atoms with Crippen LogP contribution in [-0.2, 0) is 0 Å². The molecule has 1 N–H and O–H groups in total. The van der Waals surface area contributed by atoms with Gasteiger partial charge in [0.25, 0.3) is 0 Å². The molecule has 0 aliphatic heterocycles.